The van der Waals surface area contributed by atoms with Crippen molar-refractivity contribution < 1.29 is 18.9 Å². The molecule has 0 saturated heterocycles. The van der Waals surface area contributed by atoms with Gasteiger partial charge in [0.2, 0.25) is 0 Å². The van der Waals surface area contributed by atoms with Crippen molar-refractivity contribution >= 4 is 0 Å². The molecule has 8 N–H and O–H groups in total. The van der Waals surface area contributed by atoms with Crippen LogP contribution in [0.4, 0.5) is 0 Å². The lowest BCUT2D eigenvalue weighted by Gasteiger charge is -2.65. The number of ether oxygens (including phenoxy) is 4. The Kier molecular flexibility index (Phi) is 14.7. The third-order valence-electron chi connectivity index (χ3n) is 12.9. The van der Waals surface area contributed by atoms with Crippen molar-refractivity contribution in [1.29, 1.82) is 0 Å². The van der Waals surface area contributed by atoms with E-state index in [-0.39, 0.29) is 11.5 Å². The molecule has 4 rings (SSSR count). The van der Waals surface area contributed by atoms with Gasteiger partial charge in [0.1, 0.15) is 0 Å². The Morgan fingerprint density at radius 3 is 2.02 bits per heavy atom. The van der Waals surface area contributed by atoms with E-state index in [1.807, 2.05) is 0 Å². The summed E-state index contributed by atoms with van der Waals surface area (Å²) in [6, 6.07) is 0. The van der Waals surface area contributed by atoms with Crippen molar-refractivity contribution in [3.63, 3.8) is 0 Å². The summed E-state index contributed by atoms with van der Waals surface area (Å²) in [5, 5.41) is 0. The molecule has 0 aliphatic heterocycles. The van der Waals surface area contributed by atoms with Gasteiger partial charge in [0.15, 0.2) is 0 Å². The fourth-order valence-electron chi connectivity index (χ4n) is 10.6. The summed E-state index contributed by atoms with van der Waals surface area (Å²) in [6.07, 6.45) is 15.4. The molecule has 0 spiro atoms. The summed E-state index contributed by atoms with van der Waals surface area (Å²) in [5.74, 6) is 3.73. The second-order valence-electron chi connectivity index (χ2n) is 15.4. The maximum atomic E-state index is 6.97. The molecule has 0 aromatic heterocycles. The zero-order valence-electron chi connectivity index (χ0n) is 28.7. The van der Waals surface area contributed by atoms with Crippen molar-refractivity contribution in [3.05, 3.63) is 0 Å². The predicted octanol–water partition coefficient (Wildman–Crippen LogP) is 4.85. The molecule has 4 saturated carbocycles. The Balaban J connectivity index is 1.57. The van der Waals surface area contributed by atoms with Gasteiger partial charge in [-0.25, -0.2) is 0 Å². The topological polar surface area (TPSA) is 141 Å². The van der Waals surface area contributed by atoms with Gasteiger partial charge in [-0.3, -0.25) is 0 Å². The van der Waals surface area contributed by atoms with Crippen molar-refractivity contribution in [3.8, 4) is 0 Å². The average molecular weight is 623 g/mol. The highest BCUT2D eigenvalue weighted by atomic mass is 16.5. The molecule has 0 amide bonds. The molecule has 4 aliphatic rings. The number of hydrogen-bond acceptors (Lipinski definition) is 8. The first-order valence-corrected chi connectivity index (χ1v) is 18.6. The van der Waals surface area contributed by atoms with Gasteiger partial charge in [-0.2, -0.15) is 0 Å². The Hall–Kier alpha value is -0.320. The van der Waals surface area contributed by atoms with Crippen LogP contribution in [0.3, 0.4) is 0 Å². The van der Waals surface area contributed by atoms with Crippen LogP contribution in [-0.2, 0) is 18.9 Å². The highest BCUT2D eigenvalue weighted by Crippen LogP contribution is 2.69. The van der Waals surface area contributed by atoms with E-state index in [2.05, 4.69) is 20.8 Å². The van der Waals surface area contributed by atoms with Crippen LogP contribution in [0.15, 0.2) is 0 Å². The second kappa shape index (κ2) is 17.7. The number of hydrogen-bond donors (Lipinski definition) is 4. The quantitative estimate of drug-likeness (QED) is 0.141. The summed E-state index contributed by atoms with van der Waals surface area (Å²) < 4.78 is 26.1. The highest BCUT2D eigenvalue weighted by Gasteiger charge is 2.66. The summed E-state index contributed by atoms with van der Waals surface area (Å²) in [7, 11) is 0. The molecule has 8 nitrogen and oxygen atoms in total. The lowest BCUT2D eigenvalue weighted by Crippen LogP contribution is -2.63. The third kappa shape index (κ3) is 8.21. The molecule has 4 aliphatic carbocycles. The first-order chi connectivity index (χ1) is 21.3. The Morgan fingerprint density at radius 2 is 1.32 bits per heavy atom. The standard InChI is InChI=1S/C36H70N4O4/c1-26(9-4-18-41-19-5-14-37)29-10-11-30-34-31(25-33(36(29,30)3)44-22-8-17-40)35(2)13-12-28(42-20-6-15-38)23-27(35)24-32(34)43-21-7-16-39/h26-34H,4-25,37-40H2,1-3H3/t26-,27?,28-,29?,30+,31+,32-,33+,34?,35+,36?/m1/s1. The molecule has 0 heterocycles. The fourth-order valence-corrected chi connectivity index (χ4v) is 10.6. The molecule has 0 bridgehead atoms. The van der Waals surface area contributed by atoms with Crippen LogP contribution in [0.25, 0.3) is 0 Å². The SMILES string of the molecule is C[C@H](CCCOCCCN)C1CC[C@H]2C3[C@H](OCCCN)CC4C[C@H](OCCCN)CC[C@]4(C)[C@H]3C[C@H](OCCCN)C12C. The van der Waals surface area contributed by atoms with Crippen LogP contribution in [0.5, 0.6) is 0 Å². The van der Waals surface area contributed by atoms with Crippen LogP contribution in [0.2, 0.25) is 0 Å². The molecule has 0 radical (unpaired) electrons. The average Bonchev–Trinajstić information content (AvgIpc) is 3.38. The van der Waals surface area contributed by atoms with E-state index >= 15 is 0 Å². The van der Waals surface area contributed by atoms with E-state index in [1.54, 1.807) is 0 Å². The van der Waals surface area contributed by atoms with Crippen LogP contribution < -0.4 is 22.9 Å². The van der Waals surface area contributed by atoms with Gasteiger partial charge < -0.3 is 41.9 Å². The van der Waals surface area contributed by atoms with Gasteiger partial charge in [-0.05, 0) is 151 Å². The lowest BCUT2D eigenvalue weighted by atomic mass is 9.43. The first kappa shape index (κ1) is 36.5. The summed E-state index contributed by atoms with van der Waals surface area (Å²) >= 11 is 0. The zero-order chi connectivity index (χ0) is 31.6. The van der Waals surface area contributed by atoms with Crippen molar-refractivity contribution in [1.82, 2.24) is 0 Å². The number of rotatable bonds is 20. The van der Waals surface area contributed by atoms with Gasteiger partial charge in [-0.1, -0.05) is 20.8 Å². The molecule has 11 atom stereocenters. The minimum atomic E-state index is 0.150. The Morgan fingerprint density at radius 1 is 0.682 bits per heavy atom. The molecule has 0 aromatic carbocycles. The van der Waals surface area contributed by atoms with Crippen molar-refractivity contribution in [2.75, 3.05) is 59.2 Å². The second-order valence-corrected chi connectivity index (χ2v) is 15.4. The maximum Gasteiger partial charge on any atom is 0.0637 e. The molecular weight excluding hydrogens is 552 g/mol. The van der Waals surface area contributed by atoms with E-state index in [0.29, 0.717) is 79.3 Å². The smallest absolute Gasteiger partial charge is 0.0637 e. The van der Waals surface area contributed by atoms with Crippen LogP contribution in [-0.4, -0.2) is 77.5 Å². The van der Waals surface area contributed by atoms with E-state index in [1.165, 1.54) is 25.7 Å². The van der Waals surface area contributed by atoms with Gasteiger partial charge in [0.05, 0.1) is 18.3 Å². The van der Waals surface area contributed by atoms with Gasteiger partial charge in [-0.15, -0.1) is 0 Å². The van der Waals surface area contributed by atoms with E-state index in [9.17, 15) is 0 Å². The number of nitrogens with two attached hydrogens (primary N) is 4. The van der Waals surface area contributed by atoms with Crippen LogP contribution in [0, 0.1) is 46.3 Å². The predicted molar refractivity (Wildman–Crippen MR) is 179 cm³/mol. The van der Waals surface area contributed by atoms with Gasteiger partial charge in [0, 0.05) is 38.4 Å². The summed E-state index contributed by atoms with van der Waals surface area (Å²) in [6.45, 7) is 14.4. The monoisotopic (exact) mass is 623 g/mol. The van der Waals surface area contributed by atoms with E-state index in [4.69, 9.17) is 41.9 Å². The molecule has 4 unspecified atom stereocenters. The van der Waals surface area contributed by atoms with Crippen LogP contribution in [0.1, 0.15) is 104 Å². The van der Waals surface area contributed by atoms with Crippen molar-refractivity contribution in [2.45, 2.75) is 123 Å². The highest BCUT2D eigenvalue weighted by molar-refractivity contribution is 5.15. The van der Waals surface area contributed by atoms with Crippen LogP contribution >= 0.6 is 0 Å². The molecule has 4 fully saturated rings. The zero-order valence-corrected chi connectivity index (χ0v) is 28.7. The molecule has 0 aromatic rings. The maximum absolute atomic E-state index is 6.97. The number of fused-ring (bicyclic) bond motifs is 5. The van der Waals surface area contributed by atoms with Gasteiger partial charge in [0.25, 0.3) is 0 Å². The molecule has 8 heteroatoms. The van der Waals surface area contributed by atoms with Crippen molar-refractivity contribution in [2.24, 2.45) is 69.3 Å². The Labute approximate surface area is 269 Å². The normalized spacial score (nSPS) is 39.1. The van der Waals surface area contributed by atoms with E-state index < -0.39 is 0 Å². The molecule has 44 heavy (non-hydrogen) atoms. The van der Waals surface area contributed by atoms with E-state index in [0.717, 1.165) is 90.8 Å². The van der Waals surface area contributed by atoms with Gasteiger partial charge >= 0.3 is 0 Å². The Bertz CT molecular complexity index is 821. The molecular formula is C36H70N4O4. The summed E-state index contributed by atoms with van der Waals surface area (Å²) in [4.78, 5) is 0. The first-order valence-electron chi connectivity index (χ1n) is 18.6. The lowest BCUT2D eigenvalue weighted by molar-refractivity contribution is -0.227. The largest absolute Gasteiger partial charge is 0.381 e. The fraction of sp³-hybridized carbons (Fsp3) is 1.00. The minimum Gasteiger partial charge on any atom is -0.381 e. The minimum absolute atomic E-state index is 0.150. The third-order valence-corrected chi connectivity index (χ3v) is 12.9. The molecule has 258 valence electrons. The summed E-state index contributed by atoms with van der Waals surface area (Å²) in [5.41, 5.74) is 23.8.